The van der Waals surface area contributed by atoms with Gasteiger partial charge >= 0.3 is 0 Å². The third-order valence-corrected chi connectivity index (χ3v) is 7.34. The van der Waals surface area contributed by atoms with Gasteiger partial charge in [0.15, 0.2) is 5.82 Å². The highest BCUT2D eigenvalue weighted by Crippen LogP contribution is 2.30. The number of anilines is 2. The molecule has 3 atom stereocenters. The number of nitrogen functional groups attached to an aromatic ring is 1. The number of nitrogens with zero attached hydrogens (tertiary/aromatic N) is 4. The number of ether oxygens (including phenoxy) is 1. The molecule has 1 amide bonds. The number of hydrogen-bond donors (Lipinski definition) is 4. The van der Waals surface area contributed by atoms with Gasteiger partial charge in [-0.15, -0.1) is 11.6 Å². The summed E-state index contributed by atoms with van der Waals surface area (Å²) in [4.78, 5) is 18.0. The van der Waals surface area contributed by atoms with Crippen molar-refractivity contribution in [2.45, 2.75) is 48.9 Å². The molecule has 0 bridgehead atoms. The number of likely N-dealkylation sites (tertiary alicyclic amines) is 1. The van der Waals surface area contributed by atoms with Crippen LogP contribution in [0.25, 0.3) is 0 Å². The molecule has 0 aromatic carbocycles. The van der Waals surface area contributed by atoms with E-state index in [1.807, 2.05) is 7.11 Å². The highest BCUT2D eigenvalue weighted by atomic mass is 35.5. The summed E-state index contributed by atoms with van der Waals surface area (Å²) >= 11 is 6.21. The summed E-state index contributed by atoms with van der Waals surface area (Å²) in [6.07, 6.45) is 2.96. The molecule has 1 aromatic rings. The summed E-state index contributed by atoms with van der Waals surface area (Å²) in [6.45, 7) is 5.65. The van der Waals surface area contributed by atoms with Gasteiger partial charge in [0.2, 0.25) is 0 Å². The number of rotatable bonds is 6. The number of carbonyl (C=O) groups excluding carboxylic acids is 1. The largest absolute Gasteiger partial charge is 0.381 e. The second-order valence-corrected chi connectivity index (χ2v) is 10.2. The summed E-state index contributed by atoms with van der Waals surface area (Å²) in [5.41, 5.74) is 6.44. The molecule has 2 fully saturated rings. The van der Waals surface area contributed by atoms with Crippen molar-refractivity contribution in [2.75, 3.05) is 71.5 Å². The Kier molecular flexibility index (Phi) is 7.16. The third-order valence-electron chi connectivity index (χ3n) is 7.05. The zero-order chi connectivity index (χ0) is 22.9. The number of hydrogen-bond acceptors (Lipinski definition) is 8. The Balaban J connectivity index is 1.43. The highest BCUT2D eigenvalue weighted by molar-refractivity contribution is 6.21. The van der Waals surface area contributed by atoms with Crippen LogP contribution in [0.2, 0.25) is 0 Å². The molecule has 3 aliphatic rings. The minimum absolute atomic E-state index is 0.000500. The molecule has 1 aromatic heterocycles. The van der Waals surface area contributed by atoms with Crippen LogP contribution in [0.15, 0.2) is 0 Å². The number of fused-ring (bicyclic) bond motifs is 1. The van der Waals surface area contributed by atoms with Crippen molar-refractivity contribution in [1.29, 1.82) is 0 Å². The van der Waals surface area contributed by atoms with Crippen LogP contribution in [0.5, 0.6) is 0 Å². The van der Waals surface area contributed by atoms with E-state index >= 15 is 0 Å². The van der Waals surface area contributed by atoms with Gasteiger partial charge in [-0.1, -0.05) is 0 Å². The molecule has 4 rings (SSSR count). The van der Waals surface area contributed by atoms with E-state index in [0.29, 0.717) is 24.5 Å². The molecule has 0 saturated carbocycles. The Labute approximate surface area is 195 Å². The standard InChI is InChI=1S/C21H37ClN8O2/c1-28(2)13-21(32-3)5-8-29(9-6-21)16-4-7-24-11-15(16)26-20(31)17-18(23)27-30-12-14(22)10-25-19(17)30/h14-16,24-25H,4-13H2,1-3H3,(H2,23,27)(H,26,31). The van der Waals surface area contributed by atoms with E-state index in [-0.39, 0.29) is 34.8 Å². The number of nitrogens with two attached hydrogens (primary N) is 1. The molecule has 0 radical (unpaired) electrons. The summed E-state index contributed by atoms with van der Waals surface area (Å²) in [6, 6.07) is 0.279. The van der Waals surface area contributed by atoms with Gasteiger partial charge in [0.1, 0.15) is 11.4 Å². The van der Waals surface area contributed by atoms with Gasteiger partial charge in [-0.2, -0.15) is 5.10 Å². The van der Waals surface area contributed by atoms with Gasteiger partial charge in [0.25, 0.3) is 5.91 Å². The van der Waals surface area contributed by atoms with Gasteiger partial charge < -0.3 is 31.3 Å². The number of likely N-dealkylation sites (N-methyl/N-ethyl adjacent to an activating group) is 1. The quantitative estimate of drug-likeness (QED) is 0.432. The fourth-order valence-corrected chi connectivity index (χ4v) is 5.62. The number of methoxy groups -OCH3 is 1. The van der Waals surface area contributed by atoms with Crippen molar-refractivity contribution in [3.63, 3.8) is 0 Å². The average molecular weight is 469 g/mol. The molecule has 4 heterocycles. The number of alkyl halides is 1. The predicted octanol–water partition coefficient (Wildman–Crippen LogP) is 0.00110. The lowest BCUT2D eigenvalue weighted by Gasteiger charge is -2.47. The summed E-state index contributed by atoms with van der Waals surface area (Å²) in [5, 5.41) is 14.1. The van der Waals surface area contributed by atoms with Gasteiger partial charge in [-0.05, 0) is 39.9 Å². The molecule has 3 aliphatic heterocycles. The normalized spacial score (nSPS) is 28.2. The molecule has 11 heteroatoms. The molecule has 0 spiro atoms. The number of halogens is 1. The van der Waals surface area contributed by atoms with Crippen LogP contribution in [-0.2, 0) is 11.3 Å². The molecule has 3 unspecified atom stereocenters. The maximum absolute atomic E-state index is 13.3. The van der Waals surface area contributed by atoms with E-state index in [1.54, 1.807) is 4.68 Å². The molecule has 180 valence electrons. The minimum atomic E-state index is -0.182. The van der Waals surface area contributed by atoms with E-state index in [9.17, 15) is 4.79 Å². The van der Waals surface area contributed by atoms with Crippen molar-refractivity contribution in [3.8, 4) is 0 Å². The molecular weight excluding hydrogens is 432 g/mol. The van der Waals surface area contributed by atoms with E-state index in [0.717, 1.165) is 52.0 Å². The number of aromatic nitrogens is 2. The van der Waals surface area contributed by atoms with Crippen LogP contribution in [0, 0.1) is 0 Å². The number of nitrogens with one attached hydrogen (secondary N) is 3. The maximum Gasteiger partial charge on any atom is 0.259 e. The zero-order valence-corrected chi connectivity index (χ0v) is 20.1. The molecule has 10 nitrogen and oxygen atoms in total. The van der Waals surface area contributed by atoms with Crippen molar-refractivity contribution in [1.82, 2.24) is 30.2 Å². The fourth-order valence-electron chi connectivity index (χ4n) is 5.41. The Morgan fingerprint density at radius 1 is 1.38 bits per heavy atom. The first-order chi connectivity index (χ1) is 15.3. The first kappa shape index (κ1) is 23.6. The molecule has 2 saturated heterocycles. The van der Waals surface area contributed by atoms with Crippen molar-refractivity contribution >= 4 is 29.1 Å². The summed E-state index contributed by atoms with van der Waals surface area (Å²) in [5.74, 6) is 0.713. The Hall–Kier alpha value is -1.59. The van der Waals surface area contributed by atoms with Crippen molar-refractivity contribution in [2.24, 2.45) is 0 Å². The molecular formula is C21H37ClN8O2. The first-order valence-corrected chi connectivity index (χ1v) is 12.0. The highest BCUT2D eigenvalue weighted by Gasteiger charge is 2.40. The number of amides is 1. The minimum Gasteiger partial charge on any atom is -0.381 e. The number of carbonyl (C=O) groups is 1. The van der Waals surface area contributed by atoms with Crippen molar-refractivity contribution < 1.29 is 9.53 Å². The second kappa shape index (κ2) is 9.72. The lowest BCUT2D eigenvalue weighted by atomic mass is 9.87. The topological polar surface area (TPSA) is 113 Å². The zero-order valence-electron chi connectivity index (χ0n) is 19.4. The van der Waals surface area contributed by atoms with Crippen LogP contribution < -0.4 is 21.7 Å². The lowest BCUT2D eigenvalue weighted by molar-refractivity contribution is -0.0793. The van der Waals surface area contributed by atoms with Crippen LogP contribution in [0.3, 0.4) is 0 Å². The van der Waals surface area contributed by atoms with Crippen LogP contribution in [-0.4, -0.2) is 109 Å². The number of piperidine rings is 2. The van der Waals surface area contributed by atoms with Crippen LogP contribution in [0.4, 0.5) is 11.6 Å². The SMILES string of the molecule is COC1(CN(C)C)CCN(C2CCNCC2NC(=O)c2c(N)nn3c2NCC(Cl)C3)CC1. The average Bonchev–Trinajstić information content (AvgIpc) is 3.09. The smallest absolute Gasteiger partial charge is 0.259 e. The Bertz CT molecular complexity index is 808. The fraction of sp³-hybridized carbons (Fsp3) is 0.810. The lowest BCUT2D eigenvalue weighted by Crippen LogP contribution is -2.62. The van der Waals surface area contributed by atoms with Gasteiger partial charge in [-0.3, -0.25) is 9.69 Å². The van der Waals surface area contributed by atoms with E-state index in [1.165, 1.54) is 0 Å². The van der Waals surface area contributed by atoms with E-state index in [2.05, 4.69) is 44.9 Å². The third kappa shape index (κ3) is 4.84. The molecule has 32 heavy (non-hydrogen) atoms. The van der Waals surface area contributed by atoms with Gasteiger partial charge in [-0.25, -0.2) is 4.68 Å². The van der Waals surface area contributed by atoms with E-state index < -0.39 is 0 Å². The summed E-state index contributed by atoms with van der Waals surface area (Å²) < 4.78 is 7.65. The molecule has 5 N–H and O–H groups in total. The second-order valence-electron chi connectivity index (χ2n) is 9.57. The molecule has 0 aliphatic carbocycles. The Morgan fingerprint density at radius 3 is 2.81 bits per heavy atom. The van der Waals surface area contributed by atoms with E-state index in [4.69, 9.17) is 22.1 Å². The predicted molar refractivity (Wildman–Crippen MR) is 126 cm³/mol. The first-order valence-electron chi connectivity index (χ1n) is 11.5. The van der Waals surface area contributed by atoms with Crippen LogP contribution in [0.1, 0.15) is 29.6 Å². The van der Waals surface area contributed by atoms with Gasteiger partial charge in [0.05, 0.1) is 23.6 Å². The monoisotopic (exact) mass is 468 g/mol. The van der Waals surface area contributed by atoms with Crippen molar-refractivity contribution in [3.05, 3.63) is 5.56 Å². The Morgan fingerprint density at radius 2 is 2.12 bits per heavy atom. The maximum atomic E-state index is 13.3. The summed E-state index contributed by atoms with van der Waals surface area (Å²) in [7, 11) is 6.01. The van der Waals surface area contributed by atoms with Crippen LogP contribution >= 0.6 is 11.6 Å². The van der Waals surface area contributed by atoms with Gasteiger partial charge in [0, 0.05) is 45.9 Å².